The van der Waals surface area contributed by atoms with Gasteiger partial charge in [-0.2, -0.15) is 0 Å². The molecule has 0 fully saturated rings. The molecule has 4 rings (SSSR count). The Balaban J connectivity index is 1.88. The summed E-state index contributed by atoms with van der Waals surface area (Å²) in [5.74, 6) is -0.211. The van der Waals surface area contributed by atoms with Crippen LogP contribution in [0.2, 0.25) is 0 Å². The fourth-order valence-electron chi connectivity index (χ4n) is 4.03. The van der Waals surface area contributed by atoms with E-state index in [2.05, 4.69) is 41.8 Å². The molecule has 29 heavy (non-hydrogen) atoms. The molecule has 0 saturated heterocycles. The van der Waals surface area contributed by atoms with Gasteiger partial charge in [0.05, 0.1) is 5.52 Å². The standard InChI is InChI=1S/C24H26FN3O/c1-16(18-5-7-19(25)8-6-18)14-28-23-10-9-20(27(4)17(2)29)13-21(23)22-15-26(3)12-11-24(22)28/h5-10,13-14H,11-12,15H2,1-4H3/b16-14-. The number of hydrogen-bond donors (Lipinski definition) is 0. The van der Waals surface area contributed by atoms with Gasteiger partial charge in [0.2, 0.25) is 5.91 Å². The quantitative estimate of drug-likeness (QED) is 0.643. The Bertz CT molecular complexity index is 1110. The van der Waals surface area contributed by atoms with Crippen molar-refractivity contribution < 1.29 is 9.18 Å². The van der Waals surface area contributed by atoms with Crippen LogP contribution in [0.5, 0.6) is 0 Å². The molecule has 1 aliphatic rings. The lowest BCUT2D eigenvalue weighted by Gasteiger charge is -2.23. The molecule has 1 aromatic heterocycles. The van der Waals surface area contributed by atoms with Crippen LogP contribution in [0.3, 0.4) is 0 Å². The molecular weight excluding hydrogens is 365 g/mol. The van der Waals surface area contributed by atoms with Gasteiger partial charge < -0.3 is 14.4 Å². The second-order valence-electron chi connectivity index (χ2n) is 7.88. The van der Waals surface area contributed by atoms with Crippen LogP contribution < -0.4 is 4.90 Å². The van der Waals surface area contributed by atoms with Crippen molar-refractivity contribution in [1.82, 2.24) is 9.47 Å². The highest BCUT2D eigenvalue weighted by molar-refractivity contribution is 5.97. The molecule has 0 atom stereocenters. The first kappa shape index (κ1) is 19.4. The van der Waals surface area contributed by atoms with E-state index >= 15 is 0 Å². The first-order valence-corrected chi connectivity index (χ1v) is 9.88. The Hall–Kier alpha value is -2.92. The number of likely N-dealkylation sites (N-methyl/N-ethyl adjacent to an activating group) is 1. The summed E-state index contributed by atoms with van der Waals surface area (Å²) in [5, 5.41) is 1.18. The summed E-state index contributed by atoms with van der Waals surface area (Å²) < 4.78 is 15.6. The third-order valence-corrected chi connectivity index (χ3v) is 5.84. The number of anilines is 1. The SMILES string of the molecule is CC(=O)N(C)c1ccc2c(c1)c1c(n2/C=C(/C)c2ccc(F)cc2)CCN(C)C1. The largest absolute Gasteiger partial charge is 0.320 e. The number of allylic oxidation sites excluding steroid dienone is 1. The fourth-order valence-corrected chi connectivity index (χ4v) is 4.03. The van der Waals surface area contributed by atoms with E-state index in [0.29, 0.717) is 0 Å². The van der Waals surface area contributed by atoms with Crippen molar-refractivity contribution in [2.75, 3.05) is 25.5 Å². The Morgan fingerprint density at radius 1 is 1.14 bits per heavy atom. The zero-order valence-electron chi connectivity index (χ0n) is 17.4. The number of carbonyl (C=O) groups is 1. The number of rotatable bonds is 3. The van der Waals surface area contributed by atoms with Crippen LogP contribution in [-0.2, 0) is 17.8 Å². The van der Waals surface area contributed by atoms with E-state index in [9.17, 15) is 9.18 Å². The summed E-state index contributed by atoms with van der Waals surface area (Å²) in [5.41, 5.74) is 6.74. The highest BCUT2D eigenvalue weighted by Crippen LogP contribution is 2.34. The lowest BCUT2D eigenvalue weighted by molar-refractivity contribution is -0.116. The van der Waals surface area contributed by atoms with Gasteiger partial charge in [-0.1, -0.05) is 12.1 Å². The number of aromatic nitrogens is 1. The number of benzene rings is 2. The third kappa shape index (κ3) is 3.58. The van der Waals surface area contributed by atoms with E-state index in [4.69, 9.17) is 0 Å². The van der Waals surface area contributed by atoms with E-state index in [0.717, 1.165) is 41.9 Å². The highest BCUT2D eigenvalue weighted by atomic mass is 19.1. The van der Waals surface area contributed by atoms with Crippen LogP contribution >= 0.6 is 0 Å². The molecule has 0 radical (unpaired) electrons. The molecule has 0 bridgehead atoms. The summed E-state index contributed by atoms with van der Waals surface area (Å²) in [4.78, 5) is 15.8. The zero-order chi connectivity index (χ0) is 20.7. The maximum Gasteiger partial charge on any atom is 0.223 e. The van der Waals surface area contributed by atoms with Crippen molar-refractivity contribution in [2.45, 2.75) is 26.8 Å². The number of carbonyl (C=O) groups excluding carboxylic acids is 1. The predicted molar refractivity (Wildman–Crippen MR) is 117 cm³/mol. The van der Waals surface area contributed by atoms with Crippen molar-refractivity contribution in [3.05, 3.63) is 65.1 Å². The van der Waals surface area contributed by atoms with Gasteiger partial charge in [-0.25, -0.2) is 4.39 Å². The van der Waals surface area contributed by atoms with Gasteiger partial charge in [0.15, 0.2) is 0 Å². The normalized spacial score (nSPS) is 14.9. The first-order valence-electron chi connectivity index (χ1n) is 9.88. The van der Waals surface area contributed by atoms with Crippen LogP contribution in [0, 0.1) is 5.82 Å². The average molecular weight is 391 g/mol. The summed E-state index contributed by atoms with van der Waals surface area (Å²) in [6.45, 7) is 5.52. The van der Waals surface area contributed by atoms with Gasteiger partial charge in [0.1, 0.15) is 5.82 Å². The summed E-state index contributed by atoms with van der Waals surface area (Å²) in [6, 6.07) is 12.8. The molecule has 150 valence electrons. The summed E-state index contributed by atoms with van der Waals surface area (Å²) in [7, 11) is 3.94. The second-order valence-corrected chi connectivity index (χ2v) is 7.88. The molecule has 5 heteroatoms. The maximum atomic E-state index is 13.3. The number of amides is 1. The number of halogens is 1. The molecule has 1 aliphatic heterocycles. The third-order valence-electron chi connectivity index (χ3n) is 5.84. The molecule has 4 nitrogen and oxygen atoms in total. The second kappa shape index (κ2) is 7.48. The van der Waals surface area contributed by atoms with Gasteiger partial charge in [0, 0.05) is 56.4 Å². The lowest BCUT2D eigenvalue weighted by Crippen LogP contribution is -2.27. The molecule has 0 aliphatic carbocycles. The molecule has 2 heterocycles. The van der Waals surface area contributed by atoms with Gasteiger partial charge in [-0.05, 0) is 61.0 Å². The molecule has 3 aromatic rings. The molecule has 0 saturated carbocycles. The number of hydrogen-bond acceptors (Lipinski definition) is 2. The summed E-state index contributed by atoms with van der Waals surface area (Å²) >= 11 is 0. The van der Waals surface area contributed by atoms with Gasteiger partial charge >= 0.3 is 0 Å². The van der Waals surface area contributed by atoms with Crippen LogP contribution in [-0.4, -0.2) is 36.0 Å². The molecule has 0 N–H and O–H groups in total. The predicted octanol–water partition coefficient (Wildman–Crippen LogP) is 4.77. The van der Waals surface area contributed by atoms with Gasteiger partial charge in [-0.3, -0.25) is 4.79 Å². The Morgan fingerprint density at radius 2 is 1.86 bits per heavy atom. The maximum absolute atomic E-state index is 13.3. The molecule has 0 unspecified atom stereocenters. The number of nitrogens with zero attached hydrogens (tertiary/aromatic N) is 3. The minimum absolute atomic E-state index is 0.0156. The summed E-state index contributed by atoms with van der Waals surface area (Å²) in [6.07, 6.45) is 3.11. The number of fused-ring (bicyclic) bond motifs is 3. The van der Waals surface area contributed by atoms with Crippen LogP contribution in [0.25, 0.3) is 22.7 Å². The smallest absolute Gasteiger partial charge is 0.223 e. The van der Waals surface area contributed by atoms with Crippen LogP contribution in [0.15, 0.2) is 42.5 Å². The van der Waals surface area contributed by atoms with E-state index < -0.39 is 0 Å². The van der Waals surface area contributed by atoms with Crippen LogP contribution in [0.4, 0.5) is 10.1 Å². The average Bonchev–Trinajstić information content (AvgIpc) is 3.00. The van der Waals surface area contributed by atoms with Crippen molar-refractivity contribution in [1.29, 1.82) is 0 Å². The minimum atomic E-state index is -0.226. The van der Waals surface area contributed by atoms with Crippen molar-refractivity contribution in [3.63, 3.8) is 0 Å². The molecule has 0 spiro atoms. The van der Waals surface area contributed by atoms with Crippen molar-refractivity contribution >= 4 is 34.3 Å². The van der Waals surface area contributed by atoms with E-state index in [1.54, 1.807) is 18.9 Å². The Labute approximate surface area is 170 Å². The Kier molecular flexibility index (Phi) is 5.01. The fraction of sp³-hybridized carbons (Fsp3) is 0.292. The topological polar surface area (TPSA) is 28.5 Å². The molecular formula is C24H26FN3O. The zero-order valence-corrected chi connectivity index (χ0v) is 17.4. The van der Waals surface area contributed by atoms with Crippen LogP contribution in [0.1, 0.15) is 30.7 Å². The molecule has 1 amide bonds. The van der Waals surface area contributed by atoms with E-state index in [1.165, 1.54) is 28.8 Å². The van der Waals surface area contributed by atoms with Crippen molar-refractivity contribution in [3.8, 4) is 0 Å². The van der Waals surface area contributed by atoms with Gasteiger partial charge in [0.25, 0.3) is 0 Å². The Morgan fingerprint density at radius 3 is 2.55 bits per heavy atom. The van der Waals surface area contributed by atoms with Crippen molar-refractivity contribution in [2.24, 2.45) is 0 Å². The first-order chi connectivity index (χ1) is 13.8. The highest BCUT2D eigenvalue weighted by Gasteiger charge is 2.22. The van der Waals surface area contributed by atoms with E-state index in [-0.39, 0.29) is 11.7 Å². The lowest BCUT2D eigenvalue weighted by atomic mass is 10.0. The molecule has 2 aromatic carbocycles. The monoisotopic (exact) mass is 391 g/mol. The minimum Gasteiger partial charge on any atom is -0.320 e. The van der Waals surface area contributed by atoms with E-state index in [1.807, 2.05) is 18.2 Å². The van der Waals surface area contributed by atoms with Gasteiger partial charge in [-0.15, -0.1) is 0 Å².